The Morgan fingerprint density at radius 3 is 1.61 bits per heavy atom. The Balaban J connectivity index is 2.24. The van der Waals surface area contributed by atoms with E-state index in [-0.39, 0.29) is 5.41 Å². The molecule has 0 saturated carbocycles. The Bertz CT molecular complexity index is 549. The van der Waals surface area contributed by atoms with E-state index in [0.29, 0.717) is 0 Å². The molecule has 0 aliphatic heterocycles. The fourth-order valence-corrected chi connectivity index (χ4v) is 2.82. The third kappa shape index (κ3) is 1.53. The molecule has 2 aromatic carbocycles. The van der Waals surface area contributed by atoms with Gasteiger partial charge in [-0.25, -0.2) is 0 Å². The van der Waals surface area contributed by atoms with Crippen LogP contribution in [0.3, 0.4) is 0 Å². The summed E-state index contributed by atoms with van der Waals surface area (Å²) in [7, 11) is 0. The Morgan fingerprint density at radius 2 is 1.22 bits per heavy atom. The van der Waals surface area contributed by atoms with Gasteiger partial charge in [-0.1, -0.05) is 84.5 Å². The summed E-state index contributed by atoms with van der Waals surface area (Å²) in [4.78, 5) is 0. The lowest BCUT2D eigenvalue weighted by molar-refractivity contribution is 0.771. The maximum atomic E-state index is 2.30. The average molecular weight is 232 g/mol. The van der Waals surface area contributed by atoms with Crippen LogP contribution in [0.2, 0.25) is 0 Å². The van der Waals surface area contributed by atoms with Gasteiger partial charge >= 0.3 is 0 Å². The third-order valence-corrected chi connectivity index (χ3v) is 3.77. The molecule has 1 aliphatic rings. The van der Waals surface area contributed by atoms with Crippen molar-refractivity contribution in [2.24, 2.45) is 0 Å². The summed E-state index contributed by atoms with van der Waals surface area (Å²) in [5, 5.41) is 0. The largest absolute Gasteiger partial charge is 0.0655 e. The second-order valence-electron chi connectivity index (χ2n) is 4.75. The molecule has 1 aliphatic carbocycles. The molecule has 0 bridgehead atoms. The number of rotatable bonds is 2. The molecule has 0 heteroatoms. The normalized spacial score (nSPS) is 16.6. The highest BCUT2D eigenvalue weighted by Crippen LogP contribution is 2.43. The van der Waals surface area contributed by atoms with E-state index in [1.807, 2.05) is 0 Å². The SMILES string of the molecule is CC1=CC=CC1(c1ccccc1)c1ccccc1. The fraction of sp³-hybridized carbons (Fsp3) is 0.111. The second-order valence-corrected chi connectivity index (χ2v) is 4.75. The van der Waals surface area contributed by atoms with Crippen LogP contribution in [0.1, 0.15) is 18.1 Å². The van der Waals surface area contributed by atoms with Crippen LogP contribution >= 0.6 is 0 Å². The van der Waals surface area contributed by atoms with Crippen molar-refractivity contribution in [2.45, 2.75) is 12.3 Å². The molecule has 0 atom stereocenters. The van der Waals surface area contributed by atoms with E-state index in [1.165, 1.54) is 16.7 Å². The summed E-state index contributed by atoms with van der Waals surface area (Å²) in [6.07, 6.45) is 6.67. The minimum atomic E-state index is -0.0808. The van der Waals surface area contributed by atoms with Crippen molar-refractivity contribution < 1.29 is 0 Å². The lowest BCUT2D eigenvalue weighted by Crippen LogP contribution is -2.24. The molecule has 0 unspecified atom stereocenters. The van der Waals surface area contributed by atoms with Crippen LogP contribution in [0.4, 0.5) is 0 Å². The molecule has 2 aromatic rings. The van der Waals surface area contributed by atoms with Crippen LogP contribution in [-0.2, 0) is 5.41 Å². The summed E-state index contributed by atoms with van der Waals surface area (Å²) < 4.78 is 0. The van der Waals surface area contributed by atoms with E-state index in [0.717, 1.165) is 0 Å². The maximum absolute atomic E-state index is 2.30. The molecule has 0 amide bonds. The minimum Gasteiger partial charge on any atom is -0.0655 e. The van der Waals surface area contributed by atoms with Gasteiger partial charge < -0.3 is 0 Å². The van der Waals surface area contributed by atoms with Crippen LogP contribution in [0.15, 0.2) is 84.5 Å². The van der Waals surface area contributed by atoms with Crippen molar-refractivity contribution in [3.8, 4) is 0 Å². The average Bonchev–Trinajstić information content (AvgIpc) is 2.84. The monoisotopic (exact) mass is 232 g/mol. The van der Waals surface area contributed by atoms with Crippen molar-refractivity contribution in [3.05, 3.63) is 95.6 Å². The Kier molecular flexibility index (Phi) is 2.64. The molecule has 0 nitrogen and oxygen atoms in total. The Morgan fingerprint density at radius 1 is 0.722 bits per heavy atom. The number of hydrogen-bond acceptors (Lipinski definition) is 0. The molecular formula is C18H16. The molecule has 0 spiro atoms. The highest BCUT2D eigenvalue weighted by Gasteiger charge is 2.34. The van der Waals surface area contributed by atoms with Crippen molar-refractivity contribution in [3.63, 3.8) is 0 Å². The highest BCUT2D eigenvalue weighted by molar-refractivity contribution is 5.57. The predicted molar refractivity (Wildman–Crippen MR) is 76.6 cm³/mol. The first-order valence-corrected chi connectivity index (χ1v) is 6.32. The molecule has 0 heterocycles. The van der Waals surface area contributed by atoms with Gasteiger partial charge in [0.25, 0.3) is 0 Å². The molecule has 3 rings (SSSR count). The van der Waals surface area contributed by atoms with Gasteiger partial charge in [-0.3, -0.25) is 0 Å². The fourth-order valence-electron chi connectivity index (χ4n) is 2.82. The van der Waals surface area contributed by atoms with Gasteiger partial charge in [0.2, 0.25) is 0 Å². The van der Waals surface area contributed by atoms with Crippen LogP contribution in [-0.4, -0.2) is 0 Å². The molecule has 0 N–H and O–H groups in total. The van der Waals surface area contributed by atoms with Gasteiger partial charge in [0.15, 0.2) is 0 Å². The summed E-state index contributed by atoms with van der Waals surface area (Å²) >= 11 is 0. The first-order chi connectivity index (χ1) is 8.84. The standard InChI is InChI=1S/C18H16/c1-15-9-8-14-18(15,16-10-4-2-5-11-16)17-12-6-3-7-13-17/h2-14H,1H3. The summed E-state index contributed by atoms with van der Waals surface area (Å²) in [6, 6.07) is 21.4. The van der Waals surface area contributed by atoms with Crippen LogP contribution in [0.5, 0.6) is 0 Å². The van der Waals surface area contributed by atoms with E-state index < -0.39 is 0 Å². The van der Waals surface area contributed by atoms with Gasteiger partial charge in [0, 0.05) is 0 Å². The Hall–Kier alpha value is -2.08. The van der Waals surface area contributed by atoms with Crippen molar-refractivity contribution in [2.75, 3.05) is 0 Å². The molecule has 88 valence electrons. The van der Waals surface area contributed by atoms with E-state index in [4.69, 9.17) is 0 Å². The Labute approximate surface area is 108 Å². The zero-order valence-corrected chi connectivity index (χ0v) is 10.5. The minimum absolute atomic E-state index is 0.0808. The van der Waals surface area contributed by atoms with Crippen molar-refractivity contribution in [1.82, 2.24) is 0 Å². The van der Waals surface area contributed by atoms with Gasteiger partial charge in [0.1, 0.15) is 0 Å². The predicted octanol–water partition coefficient (Wildman–Crippen LogP) is 4.49. The van der Waals surface area contributed by atoms with Gasteiger partial charge in [0.05, 0.1) is 5.41 Å². The lowest BCUT2D eigenvalue weighted by atomic mass is 9.71. The quantitative estimate of drug-likeness (QED) is 0.715. The van der Waals surface area contributed by atoms with E-state index in [9.17, 15) is 0 Å². The van der Waals surface area contributed by atoms with E-state index in [1.54, 1.807) is 0 Å². The topological polar surface area (TPSA) is 0 Å². The van der Waals surface area contributed by atoms with Gasteiger partial charge in [-0.05, 0) is 18.1 Å². The smallest absolute Gasteiger partial charge is 0.0595 e. The van der Waals surface area contributed by atoms with Gasteiger partial charge in [-0.2, -0.15) is 0 Å². The molecule has 0 fully saturated rings. The van der Waals surface area contributed by atoms with E-state index >= 15 is 0 Å². The van der Waals surface area contributed by atoms with Crippen LogP contribution in [0.25, 0.3) is 0 Å². The number of hydrogen-bond donors (Lipinski definition) is 0. The van der Waals surface area contributed by atoms with Crippen LogP contribution in [0, 0.1) is 0 Å². The van der Waals surface area contributed by atoms with E-state index in [2.05, 4.69) is 85.8 Å². The second kappa shape index (κ2) is 4.30. The molecule has 0 radical (unpaired) electrons. The molecule has 0 saturated heterocycles. The number of benzene rings is 2. The first kappa shape index (κ1) is 11.0. The van der Waals surface area contributed by atoms with Crippen molar-refractivity contribution in [1.29, 1.82) is 0 Å². The molecular weight excluding hydrogens is 216 g/mol. The first-order valence-electron chi connectivity index (χ1n) is 6.32. The highest BCUT2D eigenvalue weighted by atomic mass is 14.4. The van der Waals surface area contributed by atoms with Gasteiger partial charge in [-0.15, -0.1) is 0 Å². The summed E-state index contributed by atoms with van der Waals surface area (Å²) in [5.41, 5.74) is 3.96. The van der Waals surface area contributed by atoms with Crippen LogP contribution < -0.4 is 0 Å². The van der Waals surface area contributed by atoms with Crippen molar-refractivity contribution >= 4 is 0 Å². The third-order valence-electron chi connectivity index (χ3n) is 3.77. The number of allylic oxidation sites excluding steroid dienone is 4. The lowest BCUT2D eigenvalue weighted by Gasteiger charge is -2.31. The zero-order chi connectivity index (χ0) is 12.4. The summed E-state index contributed by atoms with van der Waals surface area (Å²) in [5.74, 6) is 0. The molecule has 0 aromatic heterocycles. The maximum Gasteiger partial charge on any atom is 0.0595 e. The summed E-state index contributed by atoms with van der Waals surface area (Å²) in [6.45, 7) is 2.21. The zero-order valence-electron chi connectivity index (χ0n) is 10.5. The molecule has 18 heavy (non-hydrogen) atoms.